The van der Waals surface area contributed by atoms with Crippen molar-refractivity contribution in [2.24, 2.45) is 10.2 Å². The van der Waals surface area contributed by atoms with E-state index in [9.17, 15) is 5.11 Å². The van der Waals surface area contributed by atoms with Gasteiger partial charge in [-0.3, -0.25) is 0 Å². The molecule has 6 nitrogen and oxygen atoms in total. The van der Waals surface area contributed by atoms with Crippen molar-refractivity contribution < 1.29 is 5.11 Å². The van der Waals surface area contributed by atoms with Crippen LogP contribution < -0.4 is 0 Å². The van der Waals surface area contributed by atoms with Crippen LogP contribution in [0.2, 0.25) is 0 Å². The van der Waals surface area contributed by atoms with E-state index in [1.54, 1.807) is 17.7 Å². The molecule has 0 aliphatic heterocycles. The number of aryl methyl sites for hydroxylation is 1. The summed E-state index contributed by atoms with van der Waals surface area (Å²) in [6, 6.07) is 7.62. The lowest BCUT2D eigenvalue weighted by Gasteiger charge is -2.17. The van der Waals surface area contributed by atoms with Crippen LogP contribution in [0.25, 0.3) is 21.1 Å². The summed E-state index contributed by atoms with van der Waals surface area (Å²) in [4.78, 5) is 14.1. The van der Waals surface area contributed by atoms with Gasteiger partial charge in [-0.1, -0.05) is 25.1 Å². The molecular weight excluding hydrogens is 346 g/mol. The Morgan fingerprint density at radius 3 is 3.04 bits per heavy atom. The Balaban J connectivity index is 1.65. The quantitative estimate of drug-likeness (QED) is 0.446. The van der Waals surface area contributed by atoms with Gasteiger partial charge in [-0.15, -0.1) is 21.6 Å². The van der Waals surface area contributed by atoms with E-state index >= 15 is 0 Å². The van der Waals surface area contributed by atoms with E-state index in [0.717, 1.165) is 27.5 Å². The molecule has 26 heavy (non-hydrogen) atoms. The van der Waals surface area contributed by atoms with Crippen LogP contribution in [0.3, 0.4) is 0 Å². The number of aromatic nitrogens is 3. The molecule has 7 heteroatoms. The Morgan fingerprint density at radius 2 is 2.12 bits per heavy atom. The van der Waals surface area contributed by atoms with Crippen LogP contribution in [-0.4, -0.2) is 20.1 Å². The number of para-hydroxylation sites is 1. The summed E-state index contributed by atoms with van der Waals surface area (Å²) < 4.78 is 0. The predicted octanol–water partition coefficient (Wildman–Crippen LogP) is 5.73. The van der Waals surface area contributed by atoms with Gasteiger partial charge in [-0.05, 0) is 36.8 Å². The van der Waals surface area contributed by atoms with Crippen LogP contribution in [0.4, 0.5) is 11.5 Å². The van der Waals surface area contributed by atoms with Crippen LogP contribution in [0, 0.1) is 0 Å². The first-order valence-corrected chi connectivity index (χ1v) is 9.51. The van der Waals surface area contributed by atoms with E-state index in [1.807, 2.05) is 24.3 Å². The lowest BCUT2D eigenvalue weighted by atomic mass is 9.89. The molecule has 0 saturated heterocycles. The Morgan fingerprint density at radius 1 is 1.23 bits per heavy atom. The monoisotopic (exact) mass is 363 g/mol. The van der Waals surface area contributed by atoms with Crippen molar-refractivity contribution >= 4 is 44.0 Å². The highest BCUT2D eigenvalue weighted by Crippen LogP contribution is 2.44. The molecule has 0 amide bonds. The second kappa shape index (κ2) is 5.88. The van der Waals surface area contributed by atoms with Gasteiger partial charge in [0.15, 0.2) is 11.5 Å². The first kappa shape index (κ1) is 15.5. The van der Waals surface area contributed by atoms with Crippen molar-refractivity contribution in [2.45, 2.75) is 32.1 Å². The Kier molecular flexibility index (Phi) is 3.49. The molecule has 1 unspecified atom stereocenters. The van der Waals surface area contributed by atoms with Gasteiger partial charge in [0, 0.05) is 10.3 Å². The fourth-order valence-corrected chi connectivity index (χ4v) is 5.01. The minimum atomic E-state index is 0.0150. The zero-order chi connectivity index (χ0) is 17.7. The van der Waals surface area contributed by atoms with Gasteiger partial charge < -0.3 is 10.1 Å². The molecule has 1 aliphatic carbocycles. The number of benzene rings is 1. The maximum absolute atomic E-state index is 10.2. The van der Waals surface area contributed by atoms with E-state index < -0.39 is 0 Å². The smallest absolute Gasteiger partial charge is 0.218 e. The molecule has 0 saturated carbocycles. The first-order chi connectivity index (χ1) is 12.7. The van der Waals surface area contributed by atoms with Crippen LogP contribution in [0.5, 0.6) is 5.88 Å². The second-order valence-electron chi connectivity index (χ2n) is 6.68. The predicted molar refractivity (Wildman–Crippen MR) is 103 cm³/mol. The van der Waals surface area contributed by atoms with Gasteiger partial charge in [-0.2, -0.15) is 0 Å². The molecule has 3 aromatic heterocycles. The first-order valence-electron chi connectivity index (χ1n) is 8.70. The molecule has 2 N–H and O–H groups in total. The number of azo groups is 1. The van der Waals surface area contributed by atoms with Gasteiger partial charge >= 0.3 is 0 Å². The molecule has 0 bridgehead atoms. The number of hydrogen-bond acceptors (Lipinski definition) is 6. The Bertz CT molecular complexity index is 1160. The van der Waals surface area contributed by atoms with Crippen molar-refractivity contribution in [3.05, 3.63) is 41.0 Å². The fraction of sp³-hybridized carbons (Fsp3) is 0.263. The van der Waals surface area contributed by atoms with Crippen molar-refractivity contribution in [3.63, 3.8) is 0 Å². The van der Waals surface area contributed by atoms with Crippen LogP contribution in [0.1, 0.15) is 36.1 Å². The second-order valence-corrected chi connectivity index (χ2v) is 7.71. The zero-order valence-electron chi connectivity index (χ0n) is 14.2. The molecule has 3 heterocycles. The summed E-state index contributed by atoms with van der Waals surface area (Å²) in [6.45, 7) is 2.27. The highest BCUT2D eigenvalue weighted by atomic mass is 32.1. The van der Waals surface area contributed by atoms with Gasteiger partial charge in [-0.25, -0.2) is 9.97 Å². The summed E-state index contributed by atoms with van der Waals surface area (Å²) in [5, 5.41) is 20.7. The van der Waals surface area contributed by atoms with Crippen molar-refractivity contribution in [1.82, 2.24) is 15.0 Å². The molecule has 130 valence electrons. The van der Waals surface area contributed by atoms with E-state index in [1.165, 1.54) is 23.3 Å². The molecule has 1 atom stereocenters. The topological polar surface area (TPSA) is 86.5 Å². The molecule has 1 aliphatic rings. The number of aromatic hydroxyl groups is 1. The van der Waals surface area contributed by atoms with Crippen LogP contribution in [0.15, 0.2) is 40.8 Å². The highest BCUT2D eigenvalue weighted by Gasteiger charge is 2.24. The third-order valence-electron chi connectivity index (χ3n) is 5.01. The number of H-pyrrole nitrogens is 1. The number of nitrogens with zero attached hydrogens (tertiary/aromatic N) is 4. The Hall–Kier alpha value is -2.80. The van der Waals surface area contributed by atoms with Crippen molar-refractivity contribution in [2.75, 3.05) is 0 Å². The fourth-order valence-electron chi connectivity index (χ4n) is 3.74. The van der Waals surface area contributed by atoms with Crippen LogP contribution in [-0.2, 0) is 6.42 Å². The average Bonchev–Trinajstić information content (AvgIpc) is 3.18. The van der Waals surface area contributed by atoms with Gasteiger partial charge in [0.2, 0.25) is 5.88 Å². The largest absolute Gasteiger partial charge is 0.493 e. The standard InChI is InChI=1S/C19H17N5OS/c1-10-5-4-7-12-14-17(20-9-21-19(14)26-16(10)12)24-23-15-11-6-2-3-8-13(11)22-18(15)25/h2-3,6,8-10,22,25H,4-5,7H2,1H3. The number of thiophene rings is 1. The summed E-state index contributed by atoms with van der Waals surface area (Å²) >= 11 is 1.74. The zero-order valence-corrected chi connectivity index (χ0v) is 15.0. The number of nitrogens with one attached hydrogen (secondary N) is 1. The summed E-state index contributed by atoms with van der Waals surface area (Å²) in [7, 11) is 0. The SMILES string of the molecule is CC1CCCc2c1sc1ncnc(N=Nc3c(O)[nH]c4ccccc34)c21. The molecule has 0 radical (unpaired) electrons. The van der Waals surface area contributed by atoms with E-state index in [2.05, 4.69) is 32.1 Å². The molecular formula is C19H17N5OS. The maximum Gasteiger partial charge on any atom is 0.218 e. The minimum Gasteiger partial charge on any atom is -0.493 e. The van der Waals surface area contributed by atoms with E-state index in [0.29, 0.717) is 17.4 Å². The average molecular weight is 363 g/mol. The lowest BCUT2D eigenvalue weighted by Crippen LogP contribution is -2.03. The van der Waals surface area contributed by atoms with Gasteiger partial charge in [0.25, 0.3) is 0 Å². The number of aromatic amines is 1. The van der Waals surface area contributed by atoms with E-state index in [-0.39, 0.29) is 5.88 Å². The Labute approximate surface area is 153 Å². The highest BCUT2D eigenvalue weighted by molar-refractivity contribution is 7.19. The minimum absolute atomic E-state index is 0.0150. The van der Waals surface area contributed by atoms with Gasteiger partial charge in [0.05, 0.1) is 10.9 Å². The van der Waals surface area contributed by atoms with E-state index in [4.69, 9.17) is 0 Å². The third kappa shape index (κ3) is 2.31. The normalized spacial score (nSPS) is 17.3. The van der Waals surface area contributed by atoms with Crippen molar-refractivity contribution in [1.29, 1.82) is 0 Å². The molecule has 0 fully saturated rings. The molecule has 1 aromatic carbocycles. The molecule has 0 spiro atoms. The number of rotatable bonds is 2. The summed E-state index contributed by atoms with van der Waals surface area (Å²) in [6.07, 6.45) is 4.97. The lowest BCUT2D eigenvalue weighted by molar-refractivity contribution is 0.459. The molecule has 4 aromatic rings. The molecule has 5 rings (SSSR count). The number of hydrogen-bond donors (Lipinski definition) is 2. The summed E-state index contributed by atoms with van der Waals surface area (Å²) in [5.74, 6) is 1.15. The van der Waals surface area contributed by atoms with Crippen LogP contribution >= 0.6 is 11.3 Å². The van der Waals surface area contributed by atoms with Gasteiger partial charge in [0.1, 0.15) is 11.2 Å². The third-order valence-corrected chi connectivity index (χ3v) is 6.39. The maximum atomic E-state index is 10.2. The summed E-state index contributed by atoms with van der Waals surface area (Å²) in [5.41, 5.74) is 2.58. The van der Waals surface area contributed by atoms with Crippen molar-refractivity contribution in [3.8, 4) is 5.88 Å². The number of fused-ring (bicyclic) bond motifs is 4.